The zero-order chi connectivity index (χ0) is 53.5. The number of thiophene rings is 1. The fourth-order valence-electron chi connectivity index (χ4n) is 12.3. The molecule has 0 amide bonds. The zero-order valence-electron chi connectivity index (χ0n) is 44.4. The van der Waals surface area contributed by atoms with Crippen molar-refractivity contribution in [1.29, 1.82) is 0 Å². The van der Waals surface area contributed by atoms with Crippen molar-refractivity contribution in [3.05, 3.63) is 276 Å². The third kappa shape index (κ3) is 7.77. The summed E-state index contributed by atoms with van der Waals surface area (Å²) < 4.78 is 8.40. The number of nitrogens with zero attached hydrogens (tertiary/aromatic N) is 6. The van der Waals surface area contributed by atoms with E-state index in [1.54, 1.807) is 0 Å². The van der Waals surface area contributed by atoms with Crippen LogP contribution in [0.15, 0.2) is 253 Å². The number of furan rings is 1. The SMILES string of the molecule is CC1(C)c2ccccc2N(c2nc(-c3ccccc3)cc(-c3ccc(CC4(C)c5ccccc5N(c5cccc(-c6nc(-c7ccccc7)cc(-c7ccccc7)n6)c5)c5c4oc4ccccc54)cc3)n2)c2c1sc1ccccc21. The lowest BCUT2D eigenvalue weighted by atomic mass is 9.71. The fourth-order valence-corrected chi connectivity index (χ4v) is 13.6. The second kappa shape index (κ2) is 18.7. The van der Waals surface area contributed by atoms with Gasteiger partial charge in [-0.2, -0.15) is 0 Å². The van der Waals surface area contributed by atoms with E-state index in [0.29, 0.717) is 18.2 Å². The Morgan fingerprint density at radius 1 is 0.425 bits per heavy atom. The van der Waals surface area contributed by atoms with Crippen LogP contribution in [0.5, 0.6) is 0 Å². The first-order valence-electron chi connectivity index (χ1n) is 27.2. The van der Waals surface area contributed by atoms with Crippen molar-refractivity contribution in [3.63, 3.8) is 0 Å². The molecule has 1 unspecified atom stereocenters. The van der Waals surface area contributed by atoms with Gasteiger partial charge < -0.3 is 9.32 Å². The molecule has 0 saturated carbocycles. The topological polar surface area (TPSA) is 71.2 Å². The van der Waals surface area contributed by atoms with E-state index in [2.05, 4.69) is 267 Å². The summed E-state index contributed by atoms with van der Waals surface area (Å²) in [4.78, 5) is 27.4. The molecule has 9 aromatic carbocycles. The number of aromatic nitrogens is 4. The molecule has 8 heteroatoms. The van der Waals surface area contributed by atoms with Crippen LogP contribution < -0.4 is 9.80 Å². The van der Waals surface area contributed by atoms with E-state index in [4.69, 9.17) is 24.4 Å². The predicted octanol–water partition coefficient (Wildman–Crippen LogP) is 19.0. The van der Waals surface area contributed by atoms with Crippen LogP contribution in [0.2, 0.25) is 0 Å². The van der Waals surface area contributed by atoms with Gasteiger partial charge in [-0.05, 0) is 84.6 Å². The molecule has 0 saturated heterocycles. The molecule has 15 rings (SSSR count). The molecule has 0 spiro atoms. The number of hydrogen-bond acceptors (Lipinski definition) is 8. The molecule has 7 nitrogen and oxygen atoms in total. The highest BCUT2D eigenvalue weighted by molar-refractivity contribution is 7.20. The van der Waals surface area contributed by atoms with Crippen LogP contribution in [0, 0.1) is 0 Å². The normalized spacial score (nSPS) is 15.1. The summed E-state index contributed by atoms with van der Waals surface area (Å²) in [7, 11) is 0. The van der Waals surface area contributed by atoms with Crippen molar-refractivity contribution in [2.45, 2.75) is 38.0 Å². The zero-order valence-corrected chi connectivity index (χ0v) is 45.2. The van der Waals surface area contributed by atoms with Crippen LogP contribution in [0.25, 0.3) is 77.5 Å². The minimum Gasteiger partial charge on any atom is -0.458 e. The van der Waals surface area contributed by atoms with Gasteiger partial charge in [0.05, 0.1) is 50.9 Å². The molecule has 0 fully saturated rings. The Labute approximate surface area is 468 Å². The highest BCUT2D eigenvalue weighted by Gasteiger charge is 2.45. The summed E-state index contributed by atoms with van der Waals surface area (Å²) in [6.07, 6.45) is 0.687. The molecular formula is C72H52N6OS. The molecule has 0 bridgehead atoms. The first kappa shape index (κ1) is 47.5. The van der Waals surface area contributed by atoms with Gasteiger partial charge >= 0.3 is 0 Å². The van der Waals surface area contributed by atoms with Gasteiger partial charge in [-0.25, -0.2) is 19.9 Å². The van der Waals surface area contributed by atoms with Crippen molar-refractivity contribution in [2.75, 3.05) is 9.80 Å². The quantitative estimate of drug-likeness (QED) is 0.143. The maximum atomic E-state index is 7.15. The first-order valence-corrected chi connectivity index (χ1v) is 28.1. The van der Waals surface area contributed by atoms with Gasteiger partial charge in [0.2, 0.25) is 5.95 Å². The van der Waals surface area contributed by atoms with Crippen molar-refractivity contribution in [2.24, 2.45) is 0 Å². The number of hydrogen-bond donors (Lipinski definition) is 0. The molecule has 80 heavy (non-hydrogen) atoms. The van der Waals surface area contributed by atoms with E-state index in [1.807, 2.05) is 23.5 Å². The Morgan fingerprint density at radius 2 is 0.938 bits per heavy atom. The van der Waals surface area contributed by atoms with Gasteiger partial charge in [0.25, 0.3) is 0 Å². The van der Waals surface area contributed by atoms with Crippen LogP contribution in [-0.4, -0.2) is 19.9 Å². The highest BCUT2D eigenvalue weighted by Crippen LogP contribution is 2.59. The number of anilines is 6. The van der Waals surface area contributed by atoms with Crippen molar-refractivity contribution in [3.8, 4) is 56.4 Å². The van der Waals surface area contributed by atoms with E-state index in [-0.39, 0.29) is 5.41 Å². The van der Waals surface area contributed by atoms with E-state index >= 15 is 0 Å². The Bertz CT molecular complexity index is 4460. The van der Waals surface area contributed by atoms with Crippen LogP contribution >= 0.6 is 11.3 Å². The average molecular weight is 1050 g/mol. The minimum atomic E-state index is -0.558. The number of fused-ring (bicyclic) bond motifs is 8. The van der Waals surface area contributed by atoms with Crippen LogP contribution in [0.1, 0.15) is 48.1 Å². The van der Waals surface area contributed by atoms with Crippen LogP contribution in [-0.2, 0) is 17.3 Å². The molecule has 0 N–H and O–H groups in total. The van der Waals surface area contributed by atoms with Gasteiger partial charge in [-0.15, -0.1) is 11.3 Å². The number of para-hydroxylation sites is 3. The third-order valence-electron chi connectivity index (χ3n) is 16.2. The summed E-state index contributed by atoms with van der Waals surface area (Å²) >= 11 is 1.86. The largest absolute Gasteiger partial charge is 0.458 e. The summed E-state index contributed by atoms with van der Waals surface area (Å²) in [5.74, 6) is 2.21. The second-order valence-electron chi connectivity index (χ2n) is 21.6. The van der Waals surface area contributed by atoms with E-state index in [0.717, 1.165) is 95.8 Å². The second-order valence-corrected chi connectivity index (χ2v) is 22.7. The molecule has 0 radical (unpaired) electrons. The lowest BCUT2D eigenvalue weighted by Gasteiger charge is -2.41. The molecule has 0 aliphatic carbocycles. The average Bonchev–Trinajstić information content (AvgIpc) is 4.30. The third-order valence-corrected chi connectivity index (χ3v) is 17.7. The maximum absolute atomic E-state index is 7.15. The molecule has 6 heterocycles. The van der Waals surface area contributed by atoms with Gasteiger partial charge in [0, 0.05) is 59.3 Å². The predicted molar refractivity (Wildman–Crippen MR) is 328 cm³/mol. The fraction of sp³-hybridized carbons (Fsp3) is 0.0833. The van der Waals surface area contributed by atoms with Crippen LogP contribution in [0.3, 0.4) is 0 Å². The molecule has 4 aromatic heterocycles. The molecular weight excluding hydrogens is 997 g/mol. The Hall–Kier alpha value is -9.76. The molecule has 13 aromatic rings. The first-order chi connectivity index (χ1) is 39.3. The summed E-state index contributed by atoms with van der Waals surface area (Å²) in [6.45, 7) is 7.02. The van der Waals surface area contributed by atoms with Gasteiger partial charge in [-0.1, -0.05) is 208 Å². The maximum Gasteiger partial charge on any atom is 0.235 e. The van der Waals surface area contributed by atoms with Crippen LogP contribution in [0.4, 0.5) is 34.4 Å². The van der Waals surface area contributed by atoms with E-state index < -0.39 is 5.41 Å². The molecule has 2 aliphatic heterocycles. The summed E-state index contributed by atoms with van der Waals surface area (Å²) in [5, 5.41) is 2.25. The minimum absolute atomic E-state index is 0.219. The number of rotatable bonds is 9. The standard InChI is InChI=1S/C72H52N6OS/c1-71(2)55-32-15-17-34-61(55)78(66-54-31-14-20-37-64(54)80-68(66)71)70-75-59(49-26-11-6-12-27-49)44-60(76-70)50-40-38-46(39-41-50)45-72(3)56-33-16-18-35-62(56)77(65-53-30-13-19-36-63(53)79-67(65)72)52-29-21-28-51(42-52)69-73-57(47-22-7-4-8-23-47)43-58(74-69)48-24-9-5-10-25-48/h4-44H,45H2,1-3H3. The van der Waals surface area contributed by atoms with Gasteiger partial charge in [0.15, 0.2) is 5.82 Å². The van der Waals surface area contributed by atoms with Gasteiger partial charge in [-0.3, -0.25) is 4.90 Å². The Balaban J connectivity index is 0.826. The van der Waals surface area contributed by atoms with Gasteiger partial charge in [0.1, 0.15) is 11.3 Å². The molecule has 2 aliphatic rings. The van der Waals surface area contributed by atoms with Crippen molar-refractivity contribution >= 4 is 66.8 Å². The summed E-state index contributed by atoms with van der Waals surface area (Å²) in [5.41, 5.74) is 17.5. The summed E-state index contributed by atoms with van der Waals surface area (Å²) in [6, 6.07) is 87.7. The number of benzene rings is 9. The molecule has 1 atom stereocenters. The monoisotopic (exact) mass is 1050 g/mol. The van der Waals surface area contributed by atoms with Crippen molar-refractivity contribution in [1.82, 2.24) is 19.9 Å². The Morgan fingerprint density at radius 3 is 1.59 bits per heavy atom. The highest BCUT2D eigenvalue weighted by atomic mass is 32.1. The van der Waals surface area contributed by atoms with E-state index in [9.17, 15) is 0 Å². The Kier molecular flexibility index (Phi) is 11.1. The van der Waals surface area contributed by atoms with Crippen molar-refractivity contribution < 1.29 is 4.42 Å². The smallest absolute Gasteiger partial charge is 0.235 e. The van der Waals surface area contributed by atoms with E-state index in [1.165, 1.54) is 31.7 Å². The lowest BCUT2D eigenvalue weighted by molar-refractivity contribution is 0.421. The molecule has 382 valence electrons. The lowest BCUT2D eigenvalue weighted by Crippen LogP contribution is -2.34.